The summed E-state index contributed by atoms with van der Waals surface area (Å²) in [5.74, 6) is 0. The molecule has 0 aliphatic carbocycles. The Bertz CT molecular complexity index is 854. The van der Waals surface area contributed by atoms with Gasteiger partial charge in [-0.25, -0.2) is 0 Å². The lowest BCUT2D eigenvalue weighted by Crippen LogP contribution is -2.14. The summed E-state index contributed by atoms with van der Waals surface area (Å²) in [4.78, 5) is 19.7. The van der Waals surface area contributed by atoms with E-state index in [0.29, 0.717) is 24.3 Å². The normalized spacial score (nSPS) is 11.8. The van der Waals surface area contributed by atoms with Gasteiger partial charge in [0, 0.05) is 12.1 Å². The van der Waals surface area contributed by atoms with E-state index in [2.05, 4.69) is 10.9 Å². The van der Waals surface area contributed by atoms with E-state index in [1.54, 1.807) is 0 Å². The molecular weight excluding hydrogens is 402 g/mol. The summed E-state index contributed by atoms with van der Waals surface area (Å²) < 4.78 is 76.0. The van der Waals surface area contributed by atoms with Crippen molar-refractivity contribution in [3.63, 3.8) is 0 Å². The lowest BCUT2D eigenvalue weighted by molar-refractivity contribution is -0.384. The molecule has 0 bridgehead atoms. The van der Waals surface area contributed by atoms with Crippen molar-refractivity contribution in [2.45, 2.75) is 12.4 Å². The predicted octanol–water partition coefficient (Wildman–Crippen LogP) is 4.98. The predicted molar refractivity (Wildman–Crippen MR) is 83.4 cm³/mol. The van der Waals surface area contributed by atoms with Gasteiger partial charge < -0.3 is 0 Å². The van der Waals surface area contributed by atoms with E-state index in [4.69, 9.17) is 0 Å². The van der Waals surface area contributed by atoms with Crippen molar-refractivity contribution >= 4 is 22.7 Å². The fourth-order valence-electron chi connectivity index (χ4n) is 2.06. The van der Waals surface area contributed by atoms with Gasteiger partial charge in [-0.15, -0.1) is 0 Å². The molecule has 2 aromatic carbocycles. The molecule has 0 atom stereocenters. The first-order valence-corrected chi connectivity index (χ1v) is 7.04. The van der Waals surface area contributed by atoms with Crippen LogP contribution in [0.15, 0.2) is 36.4 Å². The van der Waals surface area contributed by atoms with Crippen molar-refractivity contribution in [1.82, 2.24) is 0 Å². The highest BCUT2D eigenvalue weighted by Gasteiger charge is 2.34. The first-order valence-electron chi connectivity index (χ1n) is 7.04. The number of anilines is 2. The molecule has 8 nitrogen and oxygen atoms in total. The van der Waals surface area contributed by atoms with Crippen LogP contribution in [0.25, 0.3) is 0 Å². The molecule has 14 heteroatoms. The van der Waals surface area contributed by atoms with Crippen LogP contribution in [0.4, 0.5) is 49.1 Å². The zero-order valence-electron chi connectivity index (χ0n) is 13.3. The first kappa shape index (κ1) is 20.7. The van der Waals surface area contributed by atoms with Crippen LogP contribution in [0.2, 0.25) is 0 Å². The minimum absolute atomic E-state index is 0.241. The standard InChI is InChI=1S/C14H8F6N4O4/c15-13(16,17)7-1-3-9(11(5-7)23(25)26)21-22-10-4-2-8(14(18,19)20)6-12(10)24(27)28/h1-6,21-22H. The SMILES string of the molecule is O=[N+]([O-])c1cc(C(F)(F)F)ccc1NNc1ccc(C(F)(F)F)cc1[N+](=O)[O-]. The van der Waals surface area contributed by atoms with Crippen LogP contribution in [0.3, 0.4) is 0 Å². The fourth-order valence-corrected chi connectivity index (χ4v) is 2.06. The topological polar surface area (TPSA) is 110 Å². The van der Waals surface area contributed by atoms with Gasteiger partial charge in [-0.1, -0.05) is 0 Å². The zero-order valence-corrected chi connectivity index (χ0v) is 13.3. The number of halogens is 6. The highest BCUT2D eigenvalue weighted by Crippen LogP contribution is 2.37. The lowest BCUT2D eigenvalue weighted by atomic mass is 10.1. The Morgan fingerprint density at radius 3 is 1.25 bits per heavy atom. The van der Waals surface area contributed by atoms with E-state index in [0.717, 1.165) is 0 Å². The van der Waals surface area contributed by atoms with Gasteiger partial charge in [-0.05, 0) is 24.3 Å². The van der Waals surface area contributed by atoms with Crippen molar-refractivity contribution in [3.05, 3.63) is 67.8 Å². The van der Waals surface area contributed by atoms with E-state index in [1.165, 1.54) is 0 Å². The molecule has 28 heavy (non-hydrogen) atoms. The molecule has 2 rings (SSSR count). The molecule has 0 heterocycles. The second-order valence-corrected chi connectivity index (χ2v) is 5.22. The lowest BCUT2D eigenvalue weighted by Gasteiger charge is -2.13. The Labute approximate surface area is 151 Å². The summed E-state index contributed by atoms with van der Waals surface area (Å²) in [5, 5.41) is 22.0. The summed E-state index contributed by atoms with van der Waals surface area (Å²) in [5.41, 5.74) is -1.40. The van der Waals surface area contributed by atoms with Crippen molar-refractivity contribution < 1.29 is 36.2 Å². The monoisotopic (exact) mass is 410 g/mol. The molecule has 0 aromatic heterocycles. The molecule has 2 aromatic rings. The molecular formula is C14H8F6N4O4. The number of nitrogens with zero attached hydrogens (tertiary/aromatic N) is 2. The van der Waals surface area contributed by atoms with Gasteiger partial charge in [0.1, 0.15) is 11.4 Å². The maximum Gasteiger partial charge on any atom is 0.416 e. The number of hydrazine groups is 1. The molecule has 0 spiro atoms. The molecule has 0 fully saturated rings. The van der Waals surface area contributed by atoms with Gasteiger partial charge in [-0.2, -0.15) is 26.3 Å². The van der Waals surface area contributed by atoms with Crippen molar-refractivity contribution in [2.24, 2.45) is 0 Å². The summed E-state index contributed by atoms with van der Waals surface area (Å²) in [6, 6.07) is 2.93. The quantitative estimate of drug-likeness (QED) is 0.409. The summed E-state index contributed by atoms with van der Waals surface area (Å²) in [6.07, 6.45) is -9.69. The van der Waals surface area contributed by atoms with E-state index >= 15 is 0 Å². The largest absolute Gasteiger partial charge is 0.416 e. The van der Waals surface area contributed by atoms with Crippen molar-refractivity contribution in [2.75, 3.05) is 10.9 Å². The Morgan fingerprint density at radius 1 is 0.679 bits per heavy atom. The average Bonchev–Trinajstić information content (AvgIpc) is 2.57. The Balaban J connectivity index is 2.36. The van der Waals surface area contributed by atoms with Gasteiger partial charge in [-0.3, -0.25) is 31.1 Å². The van der Waals surface area contributed by atoms with Gasteiger partial charge in [0.2, 0.25) is 0 Å². The number of benzene rings is 2. The summed E-state index contributed by atoms with van der Waals surface area (Å²) >= 11 is 0. The van der Waals surface area contributed by atoms with Crippen LogP contribution < -0.4 is 10.9 Å². The molecule has 0 aliphatic rings. The third-order valence-corrected chi connectivity index (χ3v) is 3.38. The molecule has 0 aliphatic heterocycles. The van der Waals surface area contributed by atoms with Gasteiger partial charge >= 0.3 is 12.4 Å². The highest BCUT2D eigenvalue weighted by atomic mass is 19.4. The third kappa shape index (κ3) is 4.57. The van der Waals surface area contributed by atoms with E-state index < -0.39 is 56.1 Å². The number of nitrogens with one attached hydrogen (secondary N) is 2. The first-order chi connectivity index (χ1) is 12.8. The van der Waals surface area contributed by atoms with Gasteiger partial charge in [0.25, 0.3) is 11.4 Å². The minimum Gasteiger partial charge on any atom is -0.294 e. The number of hydrogen-bond donors (Lipinski definition) is 2. The highest BCUT2D eigenvalue weighted by molar-refractivity contribution is 5.69. The fraction of sp³-hybridized carbons (Fsp3) is 0.143. The van der Waals surface area contributed by atoms with Gasteiger partial charge in [0.05, 0.1) is 21.0 Å². The van der Waals surface area contributed by atoms with Crippen LogP contribution in [0.5, 0.6) is 0 Å². The summed E-state index contributed by atoms with van der Waals surface area (Å²) in [7, 11) is 0. The van der Waals surface area contributed by atoms with Crippen LogP contribution in [-0.4, -0.2) is 9.85 Å². The number of nitro benzene ring substituents is 2. The Morgan fingerprint density at radius 2 is 1.00 bits per heavy atom. The number of alkyl halides is 6. The van der Waals surface area contributed by atoms with Crippen LogP contribution in [0, 0.1) is 20.2 Å². The third-order valence-electron chi connectivity index (χ3n) is 3.38. The van der Waals surface area contributed by atoms with Gasteiger partial charge in [0.15, 0.2) is 0 Å². The maximum atomic E-state index is 12.7. The van der Waals surface area contributed by atoms with Crippen molar-refractivity contribution in [1.29, 1.82) is 0 Å². The smallest absolute Gasteiger partial charge is 0.294 e. The van der Waals surface area contributed by atoms with E-state index in [1.807, 2.05) is 0 Å². The van der Waals surface area contributed by atoms with Crippen LogP contribution in [-0.2, 0) is 12.4 Å². The number of hydrogen-bond acceptors (Lipinski definition) is 6. The van der Waals surface area contributed by atoms with E-state index in [9.17, 15) is 46.6 Å². The minimum atomic E-state index is -4.84. The van der Waals surface area contributed by atoms with Crippen LogP contribution >= 0.6 is 0 Å². The molecule has 0 radical (unpaired) electrons. The Kier molecular flexibility index (Phi) is 5.33. The average molecular weight is 410 g/mol. The Hall–Kier alpha value is -3.58. The maximum absolute atomic E-state index is 12.7. The second-order valence-electron chi connectivity index (χ2n) is 5.22. The molecule has 0 saturated heterocycles. The molecule has 0 amide bonds. The van der Waals surface area contributed by atoms with Crippen LogP contribution in [0.1, 0.15) is 11.1 Å². The van der Waals surface area contributed by atoms with E-state index in [-0.39, 0.29) is 12.1 Å². The zero-order chi connectivity index (χ0) is 21.3. The summed E-state index contributed by atoms with van der Waals surface area (Å²) in [6.45, 7) is 0. The molecule has 0 unspecified atom stereocenters. The second kappa shape index (κ2) is 7.21. The molecule has 0 saturated carbocycles. The molecule has 150 valence electrons. The molecule has 2 N–H and O–H groups in total. The number of rotatable bonds is 5. The van der Waals surface area contributed by atoms with Crippen molar-refractivity contribution in [3.8, 4) is 0 Å². The number of nitro groups is 2.